The van der Waals surface area contributed by atoms with Gasteiger partial charge in [-0.05, 0) is 47.6 Å². The lowest BCUT2D eigenvalue weighted by atomic mass is 9.85. The van der Waals surface area contributed by atoms with Crippen LogP contribution in [0, 0.1) is 11.7 Å². The summed E-state index contributed by atoms with van der Waals surface area (Å²) >= 11 is 0. The highest BCUT2D eigenvalue weighted by atomic mass is 19.1. The molecule has 0 heterocycles. The number of hydrogen-bond donors (Lipinski definition) is 0. The summed E-state index contributed by atoms with van der Waals surface area (Å²) in [6.45, 7) is 0. The van der Waals surface area contributed by atoms with Crippen LogP contribution in [0.25, 0.3) is 11.1 Å². The van der Waals surface area contributed by atoms with Gasteiger partial charge in [0.1, 0.15) is 0 Å². The highest BCUT2D eigenvalue weighted by Gasteiger charge is 2.13. The number of ether oxygens (including phenoxy) is 1. The van der Waals surface area contributed by atoms with Crippen LogP contribution in [0.2, 0.25) is 0 Å². The first-order valence-electron chi connectivity index (χ1n) is 8.69. The van der Waals surface area contributed by atoms with Gasteiger partial charge in [0, 0.05) is 0 Å². The number of benzene rings is 2. The number of halogens is 1. The maximum atomic E-state index is 13.8. The van der Waals surface area contributed by atoms with Crippen LogP contribution in [0.5, 0.6) is 5.75 Å². The van der Waals surface area contributed by atoms with Gasteiger partial charge in [-0.2, -0.15) is 0 Å². The van der Waals surface area contributed by atoms with Gasteiger partial charge in [0.05, 0.1) is 7.11 Å². The molecule has 2 heteroatoms. The summed E-state index contributed by atoms with van der Waals surface area (Å²) in [6.07, 6.45) is 9.51. The minimum absolute atomic E-state index is 0.290. The molecule has 0 unspecified atom stereocenters. The zero-order valence-electron chi connectivity index (χ0n) is 13.9. The van der Waals surface area contributed by atoms with Gasteiger partial charge < -0.3 is 4.74 Å². The van der Waals surface area contributed by atoms with Crippen LogP contribution in [-0.4, -0.2) is 7.11 Å². The second kappa shape index (κ2) is 7.63. The molecule has 23 heavy (non-hydrogen) atoms. The highest BCUT2D eigenvalue weighted by molar-refractivity contribution is 5.64. The molecule has 2 aromatic carbocycles. The van der Waals surface area contributed by atoms with E-state index in [1.807, 2.05) is 6.07 Å². The first-order valence-corrected chi connectivity index (χ1v) is 8.69. The second-order valence-corrected chi connectivity index (χ2v) is 6.59. The zero-order valence-corrected chi connectivity index (χ0v) is 13.9. The van der Waals surface area contributed by atoms with Crippen molar-refractivity contribution in [1.82, 2.24) is 0 Å². The Kier molecular flexibility index (Phi) is 5.32. The standard InChI is InChI=1S/C21H25FO/c1-23-21-14-13-19(15-20(21)22)18-11-9-17(10-12-18)8-7-16-5-3-2-4-6-16/h9-16H,2-8H2,1H3. The Balaban J connectivity index is 1.63. The van der Waals surface area contributed by atoms with E-state index in [-0.39, 0.29) is 11.6 Å². The molecule has 1 fully saturated rings. The minimum atomic E-state index is -0.314. The van der Waals surface area contributed by atoms with Crippen LogP contribution in [0.15, 0.2) is 42.5 Å². The fourth-order valence-electron chi connectivity index (χ4n) is 3.56. The molecule has 0 bridgehead atoms. The summed E-state index contributed by atoms with van der Waals surface area (Å²) < 4.78 is 18.8. The molecule has 0 aliphatic heterocycles. The van der Waals surface area contributed by atoms with Crippen LogP contribution in [0.3, 0.4) is 0 Å². The molecule has 0 amide bonds. The Bertz CT molecular complexity index is 627. The molecule has 2 aromatic rings. The fourth-order valence-corrected chi connectivity index (χ4v) is 3.56. The molecule has 1 nitrogen and oxygen atoms in total. The highest BCUT2D eigenvalue weighted by Crippen LogP contribution is 2.29. The summed E-state index contributed by atoms with van der Waals surface area (Å²) in [5, 5.41) is 0. The normalized spacial score (nSPS) is 15.6. The first-order chi connectivity index (χ1) is 11.3. The van der Waals surface area contributed by atoms with E-state index < -0.39 is 0 Å². The van der Waals surface area contributed by atoms with Gasteiger partial charge in [0.25, 0.3) is 0 Å². The number of hydrogen-bond acceptors (Lipinski definition) is 1. The van der Waals surface area contributed by atoms with Gasteiger partial charge in [-0.1, -0.05) is 62.4 Å². The molecule has 0 spiro atoms. The van der Waals surface area contributed by atoms with Crippen molar-refractivity contribution in [3.8, 4) is 16.9 Å². The van der Waals surface area contributed by atoms with Crippen molar-refractivity contribution < 1.29 is 9.13 Å². The van der Waals surface area contributed by atoms with Gasteiger partial charge in [-0.25, -0.2) is 4.39 Å². The summed E-state index contributed by atoms with van der Waals surface area (Å²) in [7, 11) is 1.49. The van der Waals surface area contributed by atoms with Crippen molar-refractivity contribution in [2.75, 3.05) is 7.11 Å². The number of methoxy groups -OCH3 is 1. The lowest BCUT2D eigenvalue weighted by Crippen LogP contribution is -2.07. The number of aryl methyl sites for hydroxylation is 1. The van der Waals surface area contributed by atoms with Crippen LogP contribution < -0.4 is 4.74 Å². The molecular formula is C21H25FO. The van der Waals surface area contributed by atoms with E-state index in [2.05, 4.69) is 24.3 Å². The molecule has 0 saturated heterocycles. The molecule has 0 radical (unpaired) electrons. The van der Waals surface area contributed by atoms with Gasteiger partial charge >= 0.3 is 0 Å². The Labute approximate surface area is 138 Å². The van der Waals surface area contributed by atoms with Crippen LogP contribution in [-0.2, 0) is 6.42 Å². The van der Waals surface area contributed by atoms with Crippen molar-refractivity contribution in [3.63, 3.8) is 0 Å². The van der Waals surface area contributed by atoms with Crippen molar-refractivity contribution in [3.05, 3.63) is 53.8 Å². The predicted molar refractivity (Wildman–Crippen MR) is 93.3 cm³/mol. The lowest BCUT2D eigenvalue weighted by Gasteiger charge is -2.21. The minimum Gasteiger partial charge on any atom is -0.494 e. The average molecular weight is 312 g/mol. The van der Waals surface area contributed by atoms with Crippen molar-refractivity contribution in [1.29, 1.82) is 0 Å². The molecule has 1 saturated carbocycles. The van der Waals surface area contributed by atoms with Crippen LogP contribution >= 0.6 is 0 Å². The second-order valence-electron chi connectivity index (χ2n) is 6.59. The first kappa shape index (κ1) is 16.0. The third-order valence-corrected chi connectivity index (χ3v) is 5.01. The third kappa shape index (κ3) is 4.13. The third-order valence-electron chi connectivity index (χ3n) is 5.01. The summed E-state index contributed by atoms with van der Waals surface area (Å²) in [5.74, 6) is 0.892. The lowest BCUT2D eigenvalue weighted by molar-refractivity contribution is 0.339. The van der Waals surface area contributed by atoms with Gasteiger partial charge in [-0.15, -0.1) is 0 Å². The molecule has 1 aliphatic rings. The summed E-state index contributed by atoms with van der Waals surface area (Å²) in [5.41, 5.74) is 3.32. The summed E-state index contributed by atoms with van der Waals surface area (Å²) in [6, 6.07) is 13.7. The maximum Gasteiger partial charge on any atom is 0.165 e. The average Bonchev–Trinajstić information content (AvgIpc) is 2.61. The topological polar surface area (TPSA) is 9.23 Å². The number of rotatable bonds is 5. The smallest absolute Gasteiger partial charge is 0.165 e. The Morgan fingerprint density at radius 2 is 1.65 bits per heavy atom. The largest absolute Gasteiger partial charge is 0.494 e. The van der Waals surface area contributed by atoms with E-state index in [0.717, 1.165) is 23.5 Å². The van der Waals surface area contributed by atoms with Crippen molar-refractivity contribution in [2.45, 2.75) is 44.9 Å². The summed E-state index contributed by atoms with van der Waals surface area (Å²) in [4.78, 5) is 0. The van der Waals surface area contributed by atoms with E-state index in [1.165, 1.54) is 57.3 Å². The van der Waals surface area contributed by atoms with Gasteiger partial charge in [-0.3, -0.25) is 0 Å². The monoisotopic (exact) mass is 312 g/mol. The predicted octanol–water partition coefficient (Wildman–Crippen LogP) is 6.01. The van der Waals surface area contributed by atoms with Crippen LogP contribution in [0.4, 0.5) is 4.39 Å². The van der Waals surface area contributed by atoms with E-state index in [9.17, 15) is 4.39 Å². The molecule has 122 valence electrons. The molecule has 3 rings (SSSR count). The molecule has 1 aliphatic carbocycles. The fraction of sp³-hybridized carbons (Fsp3) is 0.429. The van der Waals surface area contributed by atoms with E-state index in [4.69, 9.17) is 4.74 Å². The Hall–Kier alpha value is -1.83. The van der Waals surface area contributed by atoms with Crippen molar-refractivity contribution >= 4 is 0 Å². The molecule has 0 aromatic heterocycles. The van der Waals surface area contributed by atoms with Gasteiger partial charge in [0.2, 0.25) is 0 Å². The van der Waals surface area contributed by atoms with Crippen LogP contribution in [0.1, 0.15) is 44.1 Å². The van der Waals surface area contributed by atoms with E-state index >= 15 is 0 Å². The zero-order chi connectivity index (χ0) is 16.1. The van der Waals surface area contributed by atoms with E-state index in [1.54, 1.807) is 6.07 Å². The Morgan fingerprint density at radius 3 is 2.30 bits per heavy atom. The maximum absolute atomic E-state index is 13.8. The van der Waals surface area contributed by atoms with E-state index in [0.29, 0.717) is 0 Å². The molecule has 0 atom stereocenters. The van der Waals surface area contributed by atoms with Crippen molar-refractivity contribution in [2.24, 2.45) is 5.92 Å². The Morgan fingerprint density at radius 1 is 0.957 bits per heavy atom. The quantitative estimate of drug-likeness (QED) is 0.656. The molecular weight excluding hydrogens is 287 g/mol. The molecule has 0 N–H and O–H groups in total. The van der Waals surface area contributed by atoms with Gasteiger partial charge in [0.15, 0.2) is 11.6 Å². The SMILES string of the molecule is COc1ccc(-c2ccc(CCC3CCCCC3)cc2)cc1F.